The third-order valence-corrected chi connectivity index (χ3v) is 10.4. The molecule has 4 heteroatoms. The van der Waals surface area contributed by atoms with Crippen molar-refractivity contribution in [3.8, 4) is 0 Å². The monoisotopic (exact) mass is 406 g/mol. The first-order valence-electron chi connectivity index (χ1n) is 12.1. The highest BCUT2D eigenvalue weighted by molar-refractivity contribution is 5.69. The lowest BCUT2D eigenvalue weighted by molar-refractivity contribution is -0.174. The van der Waals surface area contributed by atoms with Gasteiger partial charge in [0.15, 0.2) is 0 Å². The van der Waals surface area contributed by atoms with Crippen molar-refractivity contribution in [2.45, 2.75) is 97.2 Å². The summed E-state index contributed by atoms with van der Waals surface area (Å²) in [5.74, 6) is 3.17. The number of carbonyl (C=O) groups is 1. The van der Waals surface area contributed by atoms with Crippen molar-refractivity contribution >= 4 is 5.97 Å². The van der Waals surface area contributed by atoms with E-state index in [0.29, 0.717) is 47.3 Å². The van der Waals surface area contributed by atoms with Crippen LogP contribution in [-0.4, -0.2) is 35.5 Å². The Morgan fingerprint density at radius 3 is 2.45 bits per heavy atom. The maximum absolute atomic E-state index is 11.6. The van der Waals surface area contributed by atoms with E-state index in [1.165, 1.54) is 32.8 Å². The summed E-state index contributed by atoms with van der Waals surface area (Å²) in [6.45, 7) is 7.29. The van der Waals surface area contributed by atoms with Crippen molar-refractivity contribution in [3.63, 3.8) is 0 Å². The topological polar surface area (TPSA) is 66.8 Å². The molecule has 0 aromatic heterocycles. The van der Waals surface area contributed by atoms with E-state index in [-0.39, 0.29) is 23.6 Å². The summed E-state index contributed by atoms with van der Waals surface area (Å²) in [4.78, 5) is 11.6. The van der Waals surface area contributed by atoms with Gasteiger partial charge >= 0.3 is 5.97 Å². The number of hydrogen-bond acceptors (Lipinski definition) is 4. The van der Waals surface area contributed by atoms with Crippen LogP contribution in [0, 0.1) is 46.3 Å². The van der Waals surface area contributed by atoms with Gasteiger partial charge in [-0.2, -0.15) is 0 Å². The van der Waals surface area contributed by atoms with Gasteiger partial charge in [-0.25, -0.2) is 0 Å². The van der Waals surface area contributed by atoms with Crippen molar-refractivity contribution in [1.29, 1.82) is 0 Å². The predicted octanol–water partition coefficient (Wildman–Crippen LogP) is 4.57. The zero-order valence-electron chi connectivity index (χ0n) is 18.9. The lowest BCUT2D eigenvalue weighted by atomic mass is 9.43. The normalized spacial score (nSPS) is 50.2. The molecule has 1 unspecified atom stereocenters. The first kappa shape index (κ1) is 21.6. The fraction of sp³-hybridized carbons (Fsp3) is 0.960. The molecule has 0 heterocycles. The van der Waals surface area contributed by atoms with Crippen LogP contribution >= 0.6 is 0 Å². The van der Waals surface area contributed by atoms with Crippen LogP contribution in [0.5, 0.6) is 0 Å². The van der Waals surface area contributed by atoms with E-state index in [1.54, 1.807) is 0 Å². The molecule has 166 valence electrons. The summed E-state index contributed by atoms with van der Waals surface area (Å²) in [5.41, 5.74) is 0.577. The number of aliphatic hydroxyl groups is 2. The number of methoxy groups -OCH3 is 1. The minimum atomic E-state index is -0.211. The summed E-state index contributed by atoms with van der Waals surface area (Å²) in [5, 5.41) is 21.5. The first-order chi connectivity index (χ1) is 13.7. The van der Waals surface area contributed by atoms with E-state index in [0.717, 1.165) is 32.1 Å². The third kappa shape index (κ3) is 3.46. The van der Waals surface area contributed by atoms with Gasteiger partial charge in [-0.1, -0.05) is 20.8 Å². The Labute approximate surface area is 176 Å². The van der Waals surface area contributed by atoms with Crippen molar-refractivity contribution in [1.82, 2.24) is 0 Å². The van der Waals surface area contributed by atoms with E-state index in [9.17, 15) is 15.0 Å². The van der Waals surface area contributed by atoms with Crippen LogP contribution in [0.25, 0.3) is 0 Å². The molecule has 0 aromatic rings. The van der Waals surface area contributed by atoms with E-state index in [2.05, 4.69) is 20.8 Å². The molecule has 0 bridgehead atoms. The molecule has 4 fully saturated rings. The largest absolute Gasteiger partial charge is 0.469 e. The van der Waals surface area contributed by atoms with Crippen LogP contribution in [0.2, 0.25) is 0 Å². The maximum atomic E-state index is 11.6. The Bertz CT molecular complexity index is 620. The Hall–Kier alpha value is -0.610. The number of rotatable bonds is 4. The van der Waals surface area contributed by atoms with Crippen LogP contribution in [0.15, 0.2) is 0 Å². The summed E-state index contributed by atoms with van der Waals surface area (Å²) in [6.07, 6.45) is 9.80. The molecular formula is C25H42O4. The quantitative estimate of drug-likeness (QED) is 0.671. The number of hydrogen-bond donors (Lipinski definition) is 2. The fourth-order valence-electron chi connectivity index (χ4n) is 8.82. The van der Waals surface area contributed by atoms with Crippen LogP contribution in [-0.2, 0) is 9.53 Å². The average molecular weight is 407 g/mol. The number of ether oxygens (including phenoxy) is 1. The lowest BCUT2D eigenvalue weighted by Gasteiger charge is -2.62. The molecule has 0 spiro atoms. The van der Waals surface area contributed by atoms with E-state index < -0.39 is 0 Å². The average Bonchev–Trinajstić information content (AvgIpc) is 3.04. The second-order valence-corrected chi connectivity index (χ2v) is 11.5. The number of aliphatic hydroxyl groups excluding tert-OH is 2. The molecule has 0 radical (unpaired) electrons. The van der Waals surface area contributed by atoms with Gasteiger partial charge in [0, 0.05) is 6.42 Å². The molecule has 0 aliphatic heterocycles. The summed E-state index contributed by atoms with van der Waals surface area (Å²) in [6, 6.07) is 0. The molecule has 0 saturated heterocycles. The number of fused-ring (bicyclic) bond motifs is 5. The molecule has 0 amide bonds. The molecule has 10 atom stereocenters. The maximum Gasteiger partial charge on any atom is 0.305 e. The van der Waals surface area contributed by atoms with Crippen LogP contribution in [0.3, 0.4) is 0 Å². The second-order valence-electron chi connectivity index (χ2n) is 11.5. The van der Waals surface area contributed by atoms with Crippen molar-refractivity contribution in [2.24, 2.45) is 46.3 Å². The zero-order valence-corrected chi connectivity index (χ0v) is 18.9. The SMILES string of the molecule is COC(=O)CCC(C)[C@H]1CC[C@H]2[C@@H]3[C@@H](O)C[C@@H]4C[C@H](O)CC[C@]4(C)[C@H]3CC[C@]12C. The molecule has 4 saturated carbocycles. The lowest BCUT2D eigenvalue weighted by Crippen LogP contribution is -2.58. The Morgan fingerprint density at radius 1 is 1.03 bits per heavy atom. The molecule has 4 nitrogen and oxygen atoms in total. The van der Waals surface area contributed by atoms with Gasteiger partial charge in [0.05, 0.1) is 19.3 Å². The van der Waals surface area contributed by atoms with Crippen LogP contribution < -0.4 is 0 Å². The molecule has 2 N–H and O–H groups in total. The van der Waals surface area contributed by atoms with Crippen molar-refractivity contribution in [2.75, 3.05) is 7.11 Å². The summed E-state index contributed by atoms with van der Waals surface area (Å²) >= 11 is 0. The van der Waals surface area contributed by atoms with Crippen LogP contribution in [0.1, 0.15) is 85.0 Å². The first-order valence-corrected chi connectivity index (χ1v) is 12.1. The molecule has 0 aromatic carbocycles. The highest BCUT2D eigenvalue weighted by Crippen LogP contribution is 2.68. The minimum Gasteiger partial charge on any atom is -0.469 e. The Kier molecular flexibility index (Phi) is 5.83. The van der Waals surface area contributed by atoms with Gasteiger partial charge < -0.3 is 14.9 Å². The molecule has 4 aliphatic carbocycles. The van der Waals surface area contributed by atoms with Crippen LogP contribution in [0.4, 0.5) is 0 Å². The van der Waals surface area contributed by atoms with Gasteiger partial charge in [-0.3, -0.25) is 4.79 Å². The molecular weight excluding hydrogens is 364 g/mol. The fourth-order valence-corrected chi connectivity index (χ4v) is 8.82. The standard InChI is InChI=1S/C25H42O4/c1-15(5-8-22(28)29-4)18-6-7-19-23-20(10-12-25(18,19)3)24(2)11-9-17(26)13-16(24)14-21(23)27/h15-21,23,26-27H,5-14H2,1-4H3/t15?,16-,17+,18+,19-,20-,21-,23-,24-,25+/m0/s1. The van der Waals surface area contributed by atoms with Gasteiger partial charge in [0.2, 0.25) is 0 Å². The second kappa shape index (κ2) is 7.82. The summed E-state index contributed by atoms with van der Waals surface area (Å²) < 4.78 is 4.86. The van der Waals surface area contributed by atoms with Gasteiger partial charge in [0.1, 0.15) is 0 Å². The highest BCUT2D eigenvalue weighted by atomic mass is 16.5. The third-order valence-electron chi connectivity index (χ3n) is 10.4. The number of esters is 1. The van der Waals surface area contributed by atoms with E-state index >= 15 is 0 Å². The predicted molar refractivity (Wildman–Crippen MR) is 113 cm³/mol. The van der Waals surface area contributed by atoms with Gasteiger partial charge in [-0.05, 0) is 104 Å². The smallest absolute Gasteiger partial charge is 0.305 e. The van der Waals surface area contributed by atoms with Gasteiger partial charge in [0.25, 0.3) is 0 Å². The molecule has 4 rings (SSSR count). The van der Waals surface area contributed by atoms with Crippen molar-refractivity contribution < 1.29 is 19.7 Å². The molecule has 4 aliphatic rings. The Morgan fingerprint density at radius 2 is 1.72 bits per heavy atom. The van der Waals surface area contributed by atoms with E-state index in [4.69, 9.17) is 4.74 Å². The molecule has 29 heavy (non-hydrogen) atoms. The zero-order chi connectivity index (χ0) is 21.0. The highest BCUT2D eigenvalue weighted by Gasteiger charge is 2.62. The van der Waals surface area contributed by atoms with E-state index in [1.807, 2.05) is 0 Å². The summed E-state index contributed by atoms with van der Waals surface area (Å²) in [7, 11) is 1.48. The Balaban J connectivity index is 1.53. The minimum absolute atomic E-state index is 0.0959. The number of carbonyl (C=O) groups excluding carboxylic acids is 1. The van der Waals surface area contributed by atoms with Crippen molar-refractivity contribution in [3.05, 3.63) is 0 Å². The van der Waals surface area contributed by atoms with Gasteiger partial charge in [-0.15, -0.1) is 0 Å².